The average Bonchev–Trinajstić information content (AvgIpc) is 2.87. The molecular formula is C14H15N3O2S. The molecule has 0 saturated heterocycles. The minimum Gasteiger partial charge on any atom is -0.343 e. The number of nitrogens with one attached hydrogen (secondary N) is 1. The zero-order valence-corrected chi connectivity index (χ0v) is 12.1. The molecule has 0 atom stereocenters. The summed E-state index contributed by atoms with van der Waals surface area (Å²) in [6, 6.07) is 9.46. The molecule has 1 N–H and O–H groups in total. The van der Waals surface area contributed by atoms with Gasteiger partial charge >= 0.3 is 0 Å². The molecule has 104 valence electrons. The van der Waals surface area contributed by atoms with Gasteiger partial charge in [-0.15, -0.1) is 11.3 Å². The van der Waals surface area contributed by atoms with Crippen LogP contribution in [0.3, 0.4) is 0 Å². The summed E-state index contributed by atoms with van der Waals surface area (Å²) in [5.74, 6) is -0.320. The predicted octanol–water partition coefficient (Wildman–Crippen LogP) is 2.03. The van der Waals surface area contributed by atoms with Crippen molar-refractivity contribution >= 4 is 28.3 Å². The van der Waals surface area contributed by atoms with E-state index in [0.717, 1.165) is 5.56 Å². The lowest BCUT2D eigenvalue weighted by atomic mass is 10.1. The maximum atomic E-state index is 11.9. The van der Waals surface area contributed by atoms with Crippen LogP contribution in [0.5, 0.6) is 0 Å². The van der Waals surface area contributed by atoms with Crippen LogP contribution < -0.4 is 5.32 Å². The molecule has 5 nitrogen and oxygen atoms in total. The van der Waals surface area contributed by atoms with Crippen LogP contribution in [0.2, 0.25) is 0 Å². The average molecular weight is 289 g/mol. The van der Waals surface area contributed by atoms with E-state index in [2.05, 4.69) is 10.3 Å². The van der Waals surface area contributed by atoms with Crippen LogP contribution in [0, 0.1) is 0 Å². The molecule has 2 aromatic rings. The van der Waals surface area contributed by atoms with Crippen molar-refractivity contribution < 1.29 is 9.59 Å². The minimum atomic E-state index is -0.176. The minimum absolute atomic E-state index is 0.144. The number of hydrogen-bond acceptors (Lipinski definition) is 4. The number of aromatic nitrogens is 1. The zero-order valence-electron chi connectivity index (χ0n) is 11.3. The highest BCUT2D eigenvalue weighted by atomic mass is 32.1. The second-order valence-corrected chi connectivity index (χ2v) is 5.31. The number of thiazole rings is 1. The van der Waals surface area contributed by atoms with E-state index < -0.39 is 0 Å². The number of benzene rings is 1. The van der Waals surface area contributed by atoms with Crippen LogP contribution in [-0.2, 0) is 11.2 Å². The zero-order chi connectivity index (χ0) is 14.5. The topological polar surface area (TPSA) is 62.3 Å². The van der Waals surface area contributed by atoms with Crippen LogP contribution in [0.4, 0.5) is 5.13 Å². The fourth-order valence-corrected chi connectivity index (χ4v) is 2.30. The molecule has 6 heteroatoms. The number of carbonyl (C=O) groups is 2. The van der Waals surface area contributed by atoms with Crippen molar-refractivity contribution in [3.8, 4) is 0 Å². The third-order valence-corrected chi connectivity index (χ3v) is 3.34. The van der Waals surface area contributed by atoms with E-state index in [0.29, 0.717) is 10.8 Å². The highest BCUT2D eigenvalue weighted by Gasteiger charge is 2.13. The molecule has 0 radical (unpaired) electrons. The van der Waals surface area contributed by atoms with Gasteiger partial charge in [-0.05, 0) is 5.56 Å². The molecule has 2 amide bonds. The van der Waals surface area contributed by atoms with Gasteiger partial charge < -0.3 is 10.2 Å². The van der Waals surface area contributed by atoms with Crippen LogP contribution in [0.15, 0.2) is 35.7 Å². The lowest BCUT2D eigenvalue weighted by Crippen LogP contribution is -2.22. The monoisotopic (exact) mass is 289 g/mol. The van der Waals surface area contributed by atoms with E-state index in [9.17, 15) is 9.59 Å². The van der Waals surface area contributed by atoms with Gasteiger partial charge in [0.2, 0.25) is 5.91 Å². The number of nitrogens with zero attached hydrogens (tertiary/aromatic N) is 2. The molecule has 0 aliphatic carbocycles. The summed E-state index contributed by atoms with van der Waals surface area (Å²) >= 11 is 1.24. The Hall–Kier alpha value is -2.21. The Balaban J connectivity index is 1.97. The summed E-state index contributed by atoms with van der Waals surface area (Å²) in [5, 5.41) is 4.78. The molecule has 0 aliphatic rings. The maximum Gasteiger partial charge on any atom is 0.272 e. The van der Waals surface area contributed by atoms with Gasteiger partial charge in [-0.2, -0.15) is 0 Å². The molecule has 0 saturated carbocycles. The molecule has 0 unspecified atom stereocenters. The van der Waals surface area contributed by atoms with Crippen LogP contribution in [0.1, 0.15) is 16.1 Å². The van der Waals surface area contributed by atoms with Crippen molar-refractivity contribution in [3.05, 3.63) is 47.0 Å². The number of rotatable bonds is 4. The van der Waals surface area contributed by atoms with Gasteiger partial charge in [-0.3, -0.25) is 9.59 Å². The van der Waals surface area contributed by atoms with E-state index >= 15 is 0 Å². The quantitative estimate of drug-likeness (QED) is 0.936. The SMILES string of the molecule is CN(C)C(=O)c1csc(NC(=O)Cc2ccccc2)n1. The summed E-state index contributed by atoms with van der Waals surface area (Å²) in [6.07, 6.45) is 0.289. The molecule has 0 fully saturated rings. The highest BCUT2D eigenvalue weighted by Crippen LogP contribution is 2.16. The molecule has 1 heterocycles. The lowest BCUT2D eigenvalue weighted by molar-refractivity contribution is -0.115. The van der Waals surface area contributed by atoms with Crippen molar-refractivity contribution in [1.82, 2.24) is 9.88 Å². The summed E-state index contributed by atoms with van der Waals surface area (Å²) in [6.45, 7) is 0. The molecular weight excluding hydrogens is 274 g/mol. The fraction of sp³-hybridized carbons (Fsp3) is 0.214. The van der Waals surface area contributed by atoms with E-state index in [1.165, 1.54) is 16.2 Å². The van der Waals surface area contributed by atoms with Crippen molar-refractivity contribution in [2.75, 3.05) is 19.4 Å². The largest absolute Gasteiger partial charge is 0.343 e. The van der Waals surface area contributed by atoms with E-state index in [1.54, 1.807) is 19.5 Å². The van der Waals surface area contributed by atoms with E-state index in [-0.39, 0.29) is 18.2 Å². The first-order valence-corrected chi connectivity index (χ1v) is 6.95. The first kappa shape index (κ1) is 14.2. The van der Waals surface area contributed by atoms with E-state index in [4.69, 9.17) is 0 Å². The second kappa shape index (κ2) is 6.29. The Bertz CT molecular complexity index is 608. The Labute approximate surface area is 121 Å². The molecule has 0 bridgehead atoms. The molecule has 1 aromatic heterocycles. The first-order chi connectivity index (χ1) is 9.56. The van der Waals surface area contributed by atoms with Gasteiger partial charge in [0.25, 0.3) is 5.91 Å². The van der Waals surface area contributed by atoms with E-state index in [1.807, 2.05) is 30.3 Å². The summed E-state index contributed by atoms with van der Waals surface area (Å²) in [4.78, 5) is 29.1. The van der Waals surface area contributed by atoms with Crippen molar-refractivity contribution in [2.45, 2.75) is 6.42 Å². The maximum absolute atomic E-state index is 11.9. The highest BCUT2D eigenvalue weighted by molar-refractivity contribution is 7.14. The van der Waals surface area contributed by atoms with Gasteiger partial charge in [0, 0.05) is 19.5 Å². The normalized spacial score (nSPS) is 10.1. The van der Waals surface area contributed by atoms with Crippen LogP contribution >= 0.6 is 11.3 Å². The Morgan fingerprint density at radius 3 is 2.60 bits per heavy atom. The first-order valence-electron chi connectivity index (χ1n) is 6.07. The molecule has 0 aliphatic heterocycles. The molecule has 2 rings (SSSR count). The van der Waals surface area contributed by atoms with Gasteiger partial charge in [0.15, 0.2) is 5.13 Å². The number of carbonyl (C=O) groups excluding carboxylic acids is 2. The number of amides is 2. The predicted molar refractivity (Wildman–Crippen MR) is 78.9 cm³/mol. The van der Waals surface area contributed by atoms with Gasteiger partial charge in [-0.1, -0.05) is 30.3 Å². The fourth-order valence-electron chi connectivity index (χ4n) is 1.60. The molecule has 20 heavy (non-hydrogen) atoms. The standard InChI is InChI=1S/C14H15N3O2S/c1-17(2)13(19)11-9-20-14(15-11)16-12(18)8-10-6-4-3-5-7-10/h3-7,9H,8H2,1-2H3,(H,15,16,18). The molecule has 1 aromatic carbocycles. The van der Waals surface area contributed by atoms with Crippen molar-refractivity contribution in [3.63, 3.8) is 0 Å². The van der Waals surface area contributed by atoms with Crippen LogP contribution in [-0.4, -0.2) is 35.8 Å². The smallest absolute Gasteiger partial charge is 0.272 e. The van der Waals surface area contributed by atoms with Crippen LogP contribution in [0.25, 0.3) is 0 Å². The van der Waals surface area contributed by atoms with Crippen molar-refractivity contribution in [2.24, 2.45) is 0 Å². The van der Waals surface area contributed by atoms with Crippen molar-refractivity contribution in [1.29, 1.82) is 0 Å². The Kier molecular flexibility index (Phi) is 4.47. The molecule has 0 spiro atoms. The third kappa shape index (κ3) is 3.64. The summed E-state index contributed by atoms with van der Waals surface area (Å²) < 4.78 is 0. The second-order valence-electron chi connectivity index (χ2n) is 4.45. The number of anilines is 1. The summed E-state index contributed by atoms with van der Waals surface area (Å²) in [5.41, 5.74) is 1.28. The summed E-state index contributed by atoms with van der Waals surface area (Å²) in [7, 11) is 3.32. The Morgan fingerprint density at radius 2 is 1.95 bits per heavy atom. The number of hydrogen-bond donors (Lipinski definition) is 1. The lowest BCUT2D eigenvalue weighted by Gasteiger charge is -2.06. The Morgan fingerprint density at radius 1 is 1.25 bits per heavy atom. The van der Waals surface area contributed by atoms with Gasteiger partial charge in [0.1, 0.15) is 5.69 Å². The van der Waals surface area contributed by atoms with Gasteiger partial charge in [-0.25, -0.2) is 4.98 Å². The third-order valence-electron chi connectivity index (χ3n) is 2.58. The van der Waals surface area contributed by atoms with Gasteiger partial charge in [0.05, 0.1) is 6.42 Å².